The van der Waals surface area contributed by atoms with Gasteiger partial charge >= 0.3 is 0 Å². The van der Waals surface area contributed by atoms with Crippen molar-refractivity contribution in [2.75, 3.05) is 31.3 Å². The number of nitrogens with one attached hydrogen (secondary N) is 3. The number of hydrogen-bond acceptors (Lipinski definition) is 5. The highest BCUT2D eigenvalue weighted by molar-refractivity contribution is 5.76. The highest BCUT2D eigenvalue weighted by Gasteiger charge is 2.13. The van der Waals surface area contributed by atoms with Crippen molar-refractivity contribution in [1.29, 1.82) is 0 Å². The second-order valence-corrected chi connectivity index (χ2v) is 4.24. The molecule has 0 saturated heterocycles. The Labute approximate surface area is 108 Å². The lowest BCUT2D eigenvalue weighted by atomic mass is 10.0. The molecule has 6 heteroatoms. The standard InChI is InChI=1S/C12H21N5O/c1-8(2)10-11(14-4)16-7-17-12(10)15-6-5-9(18)13-3/h7-8H,5-6H2,1-4H3,(H,13,18)(H2,14,15,16,17). The van der Waals surface area contributed by atoms with E-state index < -0.39 is 0 Å². The van der Waals surface area contributed by atoms with Crippen molar-refractivity contribution in [2.24, 2.45) is 0 Å². The molecule has 0 fully saturated rings. The summed E-state index contributed by atoms with van der Waals surface area (Å²) in [5.41, 5.74) is 1.04. The van der Waals surface area contributed by atoms with Crippen LogP contribution in [0.2, 0.25) is 0 Å². The van der Waals surface area contributed by atoms with Crippen LogP contribution in [-0.2, 0) is 4.79 Å². The largest absolute Gasteiger partial charge is 0.373 e. The maximum Gasteiger partial charge on any atom is 0.221 e. The fourth-order valence-electron chi connectivity index (χ4n) is 1.70. The zero-order valence-corrected chi connectivity index (χ0v) is 11.4. The van der Waals surface area contributed by atoms with Crippen molar-refractivity contribution in [3.63, 3.8) is 0 Å². The van der Waals surface area contributed by atoms with Gasteiger partial charge in [-0.25, -0.2) is 9.97 Å². The lowest BCUT2D eigenvalue weighted by Gasteiger charge is -2.16. The van der Waals surface area contributed by atoms with Crippen molar-refractivity contribution in [3.8, 4) is 0 Å². The van der Waals surface area contributed by atoms with Crippen molar-refractivity contribution >= 4 is 17.5 Å². The number of rotatable bonds is 6. The minimum absolute atomic E-state index is 0.0106. The third-order valence-corrected chi connectivity index (χ3v) is 2.62. The molecule has 0 aliphatic carbocycles. The monoisotopic (exact) mass is 251 g/mol. The first-order valence-electron chi connectivity index (χ1n) is 6.07. The minimum Gasteiger partial charge on any atom is -0.373 e. The predicted molar refractivity (Wildman–Crippen MR) is 72.8 cm³/mol. The van der Waals surface area contributed by atoms with Gasteiger partial charge in [0.1, 0.15) is 18.0 Å². The van der Waals surface area contributed by atoms with Gasteiger partial charge in [0.25, 0.3) is 0 Å². The van der Waals surface area contributed by atoms with Gasteiger partial charge < -0.3 is 16.0 Å². The molecule has 0 atom stereocenters. The van der Waals surface area contributed by atoms with Gasteiger partial charge in [-0.2, -0.15) is 0 Å². The van der Waals surface area contributed by atoms with Crippen molar-refractivity contribution < 1.29 is 4.79 Å². The fourth-order valence-corrected chi connectivity index (χ4v) is 1.70. The summed E-state index contributed by atoms with van der Waals surface area (Å²) in [5, 5.41) is 8.83. The summed E-state index contributed by atoms with van der Waals surface area (Å²) in [5.74, 6) is 1.92. The van der Waals surface area contributed by atoms with Crippen LogP contribution >= 0.6 is 0 Å². The number of anilines is 2. The van der Waals surface area contributed by atoms with E-state index in [4.69, 9.17) is 0 Å². The van der Waals surface area contributed by atoms with Crippen LogP contribution in [0.3, 0.4) is 0 Å². The molecule has 1 amide bonds. The summed E-state index contributed by atoms with van der Waals surface area (Å²) in [7, 11) is 3.47. The zero-order valence-electron chi connectivity index (χ0n) is 11.4. The van der Waals surface area contributed by atoms with E-state index in [1.165, 1.54) is 6.33 Å². The van der Waals surface area contributed by atoms with Gasteiger partial charge in [-0.05, 0) is 5.92 Å². The Morgan fingerprint density at radius 3 is 2.50 bits per heavy atom. The quantitative estimate of drug-likeness (QED) is 0.708. The van der Waals surface area contributed by atoms with Crippen LogP contribution in [0.5, 0.6) is 0 Å². The molecule has 1 aromatic rings. The number of hydrogen-bond donors (Lipinski definition) is 3. The van der Waals surface area contributed by atoms with Crippen LogP contribution < -0.4 is 16.0 Å². The van der Waals surface area contributed by atoms with Gasteiger partial charge in [0.05, 0.1) is 0 Å². The molecule has 0 aromatic carbocycles. The molecule has 1 aromatic heterocycles. The molecular weight excluding hydrogens is 230 g/mol. The molecule has 0 aliphatic heterocycles. The molecule has 0 unspecified atom stereocenters. The molecule has 0 radical (unpaired) electrons. The Bertz CT molecular complexity index is 405. The molecule has 0 aliphatic rings. The van der Waals surface area contributed by atoms with E-state index in [0.717, 1.165) is 17.2 Å². The highest BCUT2D eigenvalue weighted by atomic mass is 16.1. The Hall–Kier alpha value is -1.85. The lowest BCUT2D eigenvalue weighted by Crippen LogP contribution is -2.21. The summed E-state index contributed by atoms with van der Waals surface area (Å²) in [6.45, 7) is 4.73. The maximum absolute atomic E-state index is 11.1. The van der Waals surface area contributed by atoms with E-state index in [9.17, 15) is 4.79 Å². The summed E-state index contributed by atoms with van der Waals surface area (Å²) in [4.78, 5) is 19.6. The van der Waals surface area contributed by atoms with Crippen molar-refractivity contribution in [3.05, 3.63) is 11.9 Å². The maximum atomic E-state index is 11.1. The smallest absolute Gasteiger partial charge is 0.221 e. The van der Waals surface area contributed by atoms with Gasteiger partial charge in [0, 0.05) is 32.6 Å². The molecule has 3 N–H and O–H groups in total. The van der Waals surface area contributed by atoms with Crippen LogP contribution in [0.25, 0.3) is 0 Å². The molecule has 18 heavy (non-hydrogen) atoms. The van der Waals surface area contributed by atoms with E-state index in [2.05, 4.69) is 39.8 Å². The van der Waals surface area contributed by atoms with E-state index in [-0.39, 0.29) is 5.91 Å². The van der Waals surface area contributed by atoms with Crippen molar-refractivity contribution in [1.82, 2.24) is 15.3 Å². The lowest BCUT2D eigenvalue weighted by molar-refractivity contribution is -0.120. The normalized spacial score (nSPS) is 10.3. The SMILES string of the molecule is CNC(=O)CCNc1ncnc(NC)c1C(C)C. The number of aromatic nitrogens is 2. The second kappa shape index (κ2) is 6.78. The third-order valence-electron chi connectivity index (χ3n) is 2.62. The van der Waals surface area contributed by atoms with E-state index in [1.54, 1.807) is 7.05 Å². The summed E-state index contributed by atoms with van der Waals surface area (Å²) < 4.78 is 0. The van der Waals surface area contributed by atoms with E-state index >= 15 is 0 Å². The van der Waals surface area contributed by atoms with Crippen LogP contribution in [0.15, 0.2) is 6.33 Å². The fraction of sp³-hybridized carbons (Fsp3) is 0.583. The van der Waals surface area contributed by atoms with Crippen LogP contribution in [0.1, 0.15) is 31.7 Å². The Morgan fingerprint density at radius 1 is 1.28 bits per heavy atom. The molecular formula is C12H21N5O. The first kappa shape index (κ1) is 14.2. The summed E-state index contributed by atoms with van der Waals surface area (Å²) >= 11 is 0. The Morgan fingerprint density at radius 2 is 1.94 bits per heavy atom. The van der Waals surface area contributed by atoms with Gasteiger partial charge in [-0.15, -0.1) is 0 Å². The van der Waals surface area contributed by atoms with E-state index in [0.29, 0.717) is 18.9 Å². The average Bonchev–Trinajstić information content (AvgIpc) is 2.37. The van der Waals surface area contributed by atoms with Crippen LogP contribution in [0.4, 0.5) is 11.6 Å². The van der Waals surface area contributed by atoms with Gasteiger partial charge in [0.15, 0.2) is 0 Å². The van der Waals surface area contributed by atoms with Gasteiger partial charge in [0.2, 0.25) is 5.91 Å². The Balaban J connectivity index is 2.78. The number of carbonyl (C=O) groups excluding carboxylic acids is 1. The Kier molecular flexibility index (Phi) is 5.35. The molecule has 1 rings (SSSR count). The molecule has 1 heterocycles. The topological polar surface area (TPSA) is 78.9 Å². The average molecular weight is 251 g/mol. The van der Waals surface area contributed by atoms with Crippen LogP contribution in [-0.4, -0.2) is 36.5 Å². The number of amides is 1. The second-order valence-electron chi connectivity index (χ2n) is 4.24. The molecule has 6 nitrogen and oxygen atoms in total. The van der Waals surface area contributed by atoms with E-state index in [1.807, 2.05) is 7.05 Å². The minimum atomic E-state index is 0.0106. The predicted octanol–water partition coefficient (Wildman–Crippen LogP) is 1.19. The number of nitrogens with zero attached hydrogens (tertiary/aromatic N) is 2. The van der Waals surface area contributed by atoms with Crippen molar-refractivity contribution in [2.45, 2.75) is 26.2 Å². The van der Waals surface area contributed by atoms with Gasteiger partial charge in [-0.1, -0.05) is 13.8 Å². The highest BCUT2D eigenvalue weighted by Crippen LogP contribution is 2.27. The molecule has 100 valence electrons. The molecule has 0 spiro atoms. The molecule has 0 bridgehead atoms. The summed E-state index contributed by atoms with van der Waals surface area (Å²) in [6.07, 6.45) is 1.94. The first-order chi connectivity index (χ1) is 8.60. The van der Waals surface area contributed by atoms with Crippen LogP contribution in [0, 0.1) is 0 Å². The molecule has 0 saturated carbocycles. The third kappa shape index (κ3) is 3.58. The number of carbonyl (C=O) groups is 1. The first-order valence-corrected chi connectivity index (χ1v) is 6.07. The zero-order chi connectivity index (χ0) is 13.5. The summed E-state index contributed by atoms with van der Waals surface area (Å²) in [6, 6.07) is 0. The van der Waals surface area contributed by atoms with Gasteiger partial charge in [-0.3, -0.25) is 4.79 Å².